The van der Waals surface area contributed by atoms with Gasteiger partial charge in [0.05, 0.1) is 18.2 Å². The van der Waals surface area contributed by atoms with Gasteiger partial charge in [-0.15, -0.1) is 0 Å². The number of carbonyl (C=O) groups excluding carboxylic acids is 1. The SMILES string of the molecule is CCOP(=O)(OCC)C(=O)c1ccc(Cl)cc1Cl. The maximum atomic E-state index is 12.3. The number of benzene rings is 1. The highest BCUT2D eigenvalue weighted by molar-refractivity contribution is 7.72. The molecule has 0 radical (unpaired) electrons. The third-order valence-electron chi connectivity index (χ3n) is 2.01. The van der Waals surface area contributed by atoms with E-state index in [0.717, 1.165) is 0 Å². The van der Waals surface area contributed by atoms with Crippen LogP contribution in [0.3, 0.4) is 0 Å². The fourth-order valence-electron chi connectivity index (χ4n) is 1.30. The van der Waals surface area contributed by atoms with Crippen molar-refractivity contribution in [1.82, 2.24) is 0 Å². The molecule has 0 aliphatic carbocycles. The van der Waals surface area contributed by atoms with E-state index in [-0.39, 0.29) is 23.8 Å². The maximum absolute atomic E-state index is 12.3. The van der Waals surface area contributed by atoms with Gasteiger partial charge in [-0.3, -0.25) is 9.36 Å². The van der Waals surface area contributed by atoms with E-state index in [0.29, 0.717) is 5.02 Å². The molecule has 0 aliphatic rings. The van der Waals surface area contributed by atoms with E-state index in [4.69, 9.17) is 32.2 Å². The first-order valence-electron chi connectivity index (χ1n) is 5.33. The van der Waals surface area contributed by atoms with E-state index in [1.165, 1.54) is 18.2 Å². The van der Waals surface area contributed by atoms with E-state index < -0.39 is 13.1 Å². The van der Waals surface area contributed by atoms with Gasteiger partial charge in [0, 0.05) is 10.6 Å². The molecule has 0 aromatic heterocycles. The molecule has 0 amide bonds. The highest BCUT2D eigenvalue weighted by atomic mass is 35.5. The van der Waals surface area contributed by atoms with Gasteiger partial charge in [-0.25, -0.2) is 0 Å². The van der Waals surface area contributed by atoms with Gasteiger partial charge < -0.3 is 9.05 Å². The van der Waals surface area contributed by atoms with Crippen molar-refractivity contribution >= 4 is 36.3 Å². The van der Waals surface area contributed by atoms with Gasteiger partial charge in [0.25, 0.3) is 5.52 Å². The lowest BCUT2D eigenvalue weighted by Gasteiger charge is -2.16. The molecule has 1 rings (SSSR count). The molecule has 0 spiro atoms. The summed E-state index contributed by atoms with van der Waals surface area (Å²) in [5, 5.41) is 0.506. The third kappa shape index (κ3) is 3.56. The second-order valence-electron chi connectivity index (χ2n) is 3.26. The van der Waals surface area contributed by atoms with Gasteiger partial charge in [0.15, 0.2) is 0 Å². The van der Waals surface area contributed by atoms with Crippen LogP contribution in [0, 0.1) is 0 Å². The number of hydrogen-bond donors (Lipinski definition) is 0. The van der Waals surface area contributed by atoms with E-state index >= 15 is 0 Å². The first-order valence-corrected chi connectivity index (χ1v) is 7.63. The van der Waals surface area contributed by atoms with Crippen molar-refractivity contribution in [2.45, 2.75) is 13.8 Å². The Bertz CT molecular complexity index is 480. The van der Waals surface area contributed by atoms with Crippen LogP contribution in [0.5, 0.6) is 0 Å². The zero-order valence-corrected chi connectivity index (χ0v) is 12.4. The molecule has 0 saturated heterocycles. The van der Waals surface area contributed by atoms with Gasteiger partial charge in [-0.2, -0.15) is 0 Å². The minimum atomic E-state index is -3.84. The monoisotopic (exact) mass is 310 g/mol. The molecule has 100 valence electrons. The largest absolute Gasteiger partial charge is 0.401 e. The molecule has 1 aromatic rings. The Labute approximate surface area is 116 Å². The molecule has 0 saturated carbocycles. The summed E-state index contributed by atoms with van der Waals surface area (Å²) in [6, 6.07) is 4.29. The van der Waals surface area contributed by atoms with Gasteiger partial charge in [0.1, 0.15) is 0 Å². The van der Waals surface area contributed by atoms with Gasteiger partial charge in [-0.05, 0) is 32.0 Å². The first-order chi connectivity index (χ1) is 8.44. The Morgan fingerprint density at radius 3 is 2.22 bits per heavy atom. The summed E-state index contributed by atoms with van der Waals surface area (Å²) in [6.07, 6.45) is 0. The predicted molar refractivity (Wildman–Crippen MR) is 71.7 cm³/mol. The number of carbonyl (C=O) groups is 1. The van der Waals surface area contributed by atoms with Crippen LogP contribution >= 0.6 is 30.8 Å². The smallest absolute Gasteiger partial charge is 0.303 e. The predicted octanol–water partition coefficient (Wildman–Crippen LogP) is 4.40. The van der Waals surface area contributed by atoms with Gasteiger partial charge in [0.2, 0.25) is 0 Å². The molecular weight excluding hydrogens is 298 g/mol. The molecule has 0 bridgehead atoms. The topological polar surface area (TPSA) is 52.6 Å². The van der Waals surface area contributed by atoms with Crippen molar-refractivity contribution in [3.63, 3.8) is 0 Å². The molecule has 7 heteroatoms. The minimum absolute atomic E-state index is 0.0753. The van der Waals surface area contributed by atoms with Crippen molar-refractivity contribution < 1.29 is 18.4 Å². The molecule has 0 fully saturated rings. The fraction of sp³-hybridized carbons (Fsp3) is 0.364. The Morgan fingerprint density at radius 2 is 1.78 bits per heavy atom. The minimum Gasteiger partial charge on any atom is -0.303 e. The zero-order valence-electron chi connectivity index (χ0n) is 9.98. The van der Waals surface area contributed by atoms with Crippen LogP contribution in [0.25, 0.3) is 0 Å². The quantitative estimate of drug-likeness (QED) is 0.731. The van der Waals surface area contributed by atoms with Crippen LogP contribution in [-0.4, -0.2) is 18.7 Å². The second kappa shape index (κ2) is 6.69. The molecule has 0 N–H and O–H groups in total. The summed E-state index contributed by atoms with van der Waals surface area (Å²) < 4.78 is 22.2. The second-order valence-corrected chi connectivity index (χ2v) is 6.02. The highest BCUT2D eigenvalue weighted by Crippen LogP contribution is 2.51. The lowest BCUT2D eigenvalue weighted by atomic mass is 10.2. The van der Waals surface area contributed by atoms with Crippen molar-refractivity contribution in [2.24, 2.45) is 0 Å². The summed E-state index contributed by atoms with van der Waals surface area (Å²) >= 11 is 11.6. The summed E-state index contributed by atoms with van der Waals surface area (Å²) in [4.78, 5) is 12.1. The van der Waals surface area contributed by atoms with Crippen molar-refractivity contribution in [3.8, 4) is 0 Å². The summed E-state index contributed by atoms with van der Waals surface area (Å²) in [5.41, 5.74) is -0.681. The standard InChI is InChI=1S/C11H13Cl2O4P/c1-3-16-18(15,17-4-2)11(14)9-6-5-8(12)7-10(9)13/h5-7H,3-4H2,1-2H3. The van der Waals surface area contributed by atoms with Gasteiger partial charge >= 0.3 is 7.60 Å². The number of hydrogen-bond acceptors (Lipinski definition) is 4. The van der Waals surface area contributed by atoms with Gasteiger partial charge in [-0.1, -0.05) is 23.2 Å². The molecule has 0 unspecified atom stereocenters. The summed E-state index contributed by atoms with van der Waals surface area (Å²) in [6.45, 7) is 3.47. The van der Waals surface area contributed by atoms with Crippen molar-refractivity contribution in [2.75, 3.05) is 13.2 Å². The lowest BCUT2D eigenvalue weighted by molar-refractivity contribution is 0.100. The summed E-state index contributed by atoms with van der Waals surface area (Å²) in [7, 11) is -3.84. The molecular formula is C11H13Cl2O4P. The van der Waals surface area contributed by atoms with E-state index in [9.17, 15) is 9.36 Å². The Kier molecular flexibility index (Phi) is 5.83. The first kappa shape index (κ1) is 15.7. The number of rotatable bonds is 6. The van der Waals surface area contributed by atoms with Crippen LogP contribution in [0.15, 0.2) is 18.2 Å². The molecule has 0 heterocycles. The highest BCUT2D eigenvalue weighted by Gasteiger charge is 2.36. The normalized spacial score (nSPS) is 11.6. The molecule has 0 atom stereocenters. The Morgan fingerprint density at radius 1 is 1.22 bits per heavy atom. The maximum Gasteiger partial charge on any atom is 0.401 e. The van der Waals surface area contributed by atoms with E-state index in [1.54, 1.807) is 13.8 Å². The zero-order chi connectivity index (χ0) is 13.8. The van der Waals surface area contributed by atoms with Crippen LogP contribution < -0.4 is 0 Å². The van der Waals surface area contributed by atoms with Crippen LogP contribution in [0.2, 0.25) is 10.0 Å². The average molecular weight is 311 g/mol. The van der Waals surface area contributed by atoms with Crippen molar-refractivity contribution in [1.29, 1.82) is 0 Å². The van der Waals surface area contributed by atoms with Crippen LogP contribution in [-0.2, 0) is 13.6 Å². The van der Waals surface area contributed by atoms with Crippen LogP contribution in [0.1, 0.15) is 24.2 Å². The van der Waals surface area contributed by atoms with E-state index in [1.807, 2.05) is 0 Å². The summed E-state index contributed by atoms with van der Waals surface area (Å²) in [5.74, 6) is 0. The molecule has 1 aromatic carbocycles. The molecule has 18 heavy (non-hydrogen) atoms. The fourth-order valence-corrected chi connectivity index (χ4v) is 3.34. The molecule has 4 nitrogen and oxygen atoms in total. The molecule has 0 aliphatic heterocycles. The van der Waals surface area contributed by atoms with E-state index in [2.05, 4.69) is 0 Å². The Balaban J connectivity index is 3.14. The third-order valence-corrected chi connectivity index (χ3v) is 4.49. The number of halogens is 2. The Hall–Kier alpha value is -0.380. The lowest BCUT2D eigenvalue weighted by Crippen LogP contribution is -2.08. The van der Waals surface area contributed by atoms with Crippen molar-refractivity contribution in [3.05, 3.63) is 33.8 Å². The average Bonchev–Trinajstić information content (AvgIpc) is 2.29. The van der Waals surface area contributed by atoms with Crippen LogP contribution in [0.4, 0.5) is 0 Å².